The van der Waals surface area contributed by atoms with Crippen LogP contribution in [0.15, 0.2) is 18.2 Å². The molecule has 1 saturated heterocycles. The number of amides is 1. The van der Waals surface area contributed by atoms with Crippen LogP contribution in [-0.4, -0.2) is 46.3 Å². The maximum absolute atomic E-state index is 12.0. The molecule has 0 radical (unpaired) electrons. The Morgan fingerprint density at radius 2 is 2.15 bits per heavy atom. The molecule has 8 heteroatoms. The van der Waals surface area contributed by atoms with Gasteiger partial charge in [-0.05, 0) is 44.9 Å². The molecule has 1 aromatic carbocycles. The van der Waals surface area contributed by atoms with Crippen LogP contribution in [0.2, 0.25) is 5.02 Å². The van der Waals surface area contributed by atoms with Gasteiger partial charge >= 0.3 is 12.1 Å². The highest BCUT2D eigenvalue weighted by Crippen LogP contribution is 2.27. The third kappa shape index (κ3) is 4.87. The Hall–Kier alpha value is -2.30. The first kappa shape index (κ1) is 20.0. The van der Waals surface area contributed by atoms with Crippen LogP contribution >= 0.6 is 11.6 Å². The van der Waals surface area contributed by atoms with Crippen molar-refractivity contribution in [1.82, 2.24) is 10.2 Å². The van der Waals surface area contributed by atoms with Crippen LogP contribution in [0.4, 0.5) is 4.79 Å². The van der Waals surface area contributed by atoms with Crippen LogP contribution in [-0.2, 0) is 16.1 Å². The van der Waals surface area contributed by atoms with Gasteiger partial charge < -0.3 is 15.2 Å². The summed E-state index contributed by atoms with van der Waals surface area (Å²) in [4.78, 5) is 25.8. The molecule has 0 aromatic heterocycles. The molecule has 1 aromatic rings. The Morgan fingerprint density at radius 1 is 1.46 bits per heavy atom. The number of likely N-dealkylation sites (tertiary alicyclic amines) is 1. The van der Waals surface area contributed by atoms with Crippen molar-refractivity contribution in [3.8, 4) is 6.07 Å². The largest absolute Gasteiger partial charge is 0.479 e. The maximum atomic E-state index is 12.0. The zero-order chi connectivity index (χ0) is 19.5. The van der Waals surface area contributed by atoms with Gasteiger partial charge in [-0.3, -0.25) is 4.90 Å². The lowest BCUT2D eigenvalue weighted by molar-refractivity contribution is -0.144. The van der Waals surface area contributed by atoms with E-state index in [1.165, 1.54) is 0 Å². The fourth-order valence-electron chi connectivity index (χ4n) is 2.84. The molecule has 1 fully saturated rings. The van der Waals surface area contributed by atoms with E-state index < -0.39 is 23.2 Å². The topological polar surface area (TPSA) is 103 Å². The van der Waals surface area contributed by atoms with Gasteiger partial charge in [0, 0.05) is 24.7 Å². The quantitative estimate of drug-likeness (QED) is 0.833. The molecule has 2 N–H and O–H groups in total. The summed E-state index contributed by atoms with van der Waals surface area (Å²) in [6.45, 7) is 6.20. The molecule has 0 spiro atoms. The van der Waals surface area contributed by atoms with E-state index in [1.54, 1.807) is 39.0 Å². The normalized spacial score (nSPS) is 20.4. The number of hydrogen-bond acceptors (Lipinski definition) is 5. The molecular weight excluding hydrogens is 358 g/mol. The number of carboxylic acid groups (broad SMARTS) is 1. The SMILES string of the molecule is CC(C)(C)OC(=O)NC1(C(=O)O)CCN(Cc2ccc(C#N)cc2Cl)C1. The molecule has 1 atom stereocenters. The monoisotopic (exact) mass is 379 g/mol. The van der Waals surface area contributed by atoms with Crippen LogP contribution in [0.25, 0.3) is 0 Å². The van der Waals surface area contributed by atoms with Gasteiger partial charge in [-0.2, -0.15) is 5.26 Å². The number of ether oxygens (including phenoxy) is 1. The van der Waals surface area contributed by atoms with E-state index >= 15 is 0 Å². The molecule has 7 nitrogen and oxygen atoms in total. The Kier molecular flexibility index (Phi) is 5.79. The van der Waals surface area contributed by atoms with Crippen molar-refractivity contribution in [2.45, 2.75) is 44.9 Å². The van der Waals surface area contributed by atoms with E-state index in [9.17, 15) is 14.7 Å². The summed E-state index contributed by atoms with van der Waals surface area (Å²) in [5, 5.41) is 21.5. The number of nitrogens with zero attached hydrogens (tertiary/aromatic N) is 2. The number of aliphatic carboxylic acids is 1. The fraction of sp³-hybridized carbons (Fsp3) is 0.500. The summed E-state index contributed by atoms with van der Waals surface area (Å²) >= 11 is 6.19. The molecule has 26 heavy (non-hydrogen) atoms. The van der Waals surface area contributed by atoms with Crippen molar-refractivity contribution < 1.29 is 19.4 Å². The van der Waals surface area contributed by atoms with Gasteiger partial charge in [0.15, 0.2) is 5.54 Å². The van der Waals surface area contributed by atoms with Gasteiger partial charge in [-0.15, -0.1) is 0 Å². The van der Waals surface area contributed by atoms with Gasteiger partial charge in [0.05, 0.1) is 11.6 Å². The molecule has 140 valence electrons. The zero-order valence-electron chi connectivity index (χ0n) is 15.0. The summed E-state index contributed by atoms with van der Waals surface area (Å²) < 4.78 is 5.19. The van der Waals surface area contributed by atoms with E-state index in [0.29, 0.717) is 23.7 Å². The summed E-state index contributed by atoms with van der Waals surface area (Å²) in [6, 6.07) is 7.02. The average Bonchev–Trinajstić information content (AvgIpc) is 2.91. The molecule has 1 amide bonds. The maximum Gasteiger partial charge on any atom is 0.408 e. The molecular formula is C18H22ClN3O4. The van der Waals surface area contributed by atoms with Crippen LogP contribution in [0.3, 0.4) is 0 Å². The lowest BCUT2D eigenvalue weighted by Gasteiger charge is -2.28. The second-order valence-electron chi connectivity index (χ2n) is 7.39. The molecule has 2 rings (SSSR count). The molecule has 1 aliphatic heterocycles. The van der Waals surface area contributed by atoms with Gasteiger partial charge in [-0.25, -0.2) is 9.59 Å². The lowest BCUT2D eigenvalue weighted by atomic mass is 9.99. The van der Waals surface area contributed by atoms with E-state index in [-0.39, 0.29) is 13.0 Å². The van der Waals surface area contributed by atoms with Gasteiger partial charge in [0.1, 0.15) is 5.60 Å². The third-order valence-electron chi connectivity index (χ3n) is 4.07. The fourth-order valence-corrected chi connectivity index (χ4v) is 3.08. The van der Waals surface area contributed by atoms with Gasteiger partial charge in [0.2, 0.25) is 0 Å². The Morgan fingerprint density at radius 3 is 2.69 bits per heavy atom. The number of carbonyl (C=O) groups excluding carboxylic acids is 1. The number of halogens is 1. The van der Waals surface area contributed by atoms with Gasteiger partial charge in [-0.1, -0.05) is 17.7 Å². The molecule has 0 saturated carbocycles. The average molecular weight is 380 g/mol. The number of carbonyl (C=O) groups is 2. The Labute approximate surface area is 157 Å². The Bertz CT molecular complexity index is 754. The van der Waals surface area contributed by atoms with E-state index in [1.807, 2.05) is 11.0 Å². The number of benzene rings is 1. The van der Waals surface area contributed by atoms with E-state index in [2.05, 4.69) is 5.32 Å². The van der Waals surface area contributed by atoms with Crippen molar-refractivity contribution in [3.05, 3.63) is 34.3 Å². The minimum atomic E-state index is -1.40. The predicted octanol–water partition coefficient (Wildman–Crippen LogP) is 2.77. The van der Waals surface area contributed by atoms with Crippen LogP contribution < -0.4 is 5.32 Å². The Balaban J connectivity index is 2.08. The van der Waals surface area contributed by atoms with Crippen molar-refractivity contribution in [3.63, 3.8) is 0 Å². The zero-order valence-corrected chi connectivity index (χ0v) is 15.8. The minimum Gasteiger partial charge on any atom is -0.479 e. The number of rotatable bonds is 4. The van der Waals surface area contributed by atoms with Crippen LogP contribution in [0.1, 0.15) is 38.3 Å². The second-order valence-corrected chi connectivity index (χ2v) is 7.80. The number of nitrogens with one attached hydrogen (secondary N) is 1. The second kappa shape index (κ2) is 7.52. The van der Waals surface area contributed by atoms with Crippen molar-refractivity contribution in [2.75, 3.05) is 13.1 Å². The smallest absolute Gasteiger partial charge is 0.408 e. The summed E-state index contributed by atoms with van der Waals surface area (Å²) in [5.41, 5.74) is -0.852. The minimum absolute atomic E-state index is 0.137. The first-order valence-electron chi connectivity index (χ1n) is 8.20. The van der Waals surface area contributed by atoms with Crippen LogP contribution in [0, 0.1) is 11.3 Å². The third-order valence-corrected chi connectivity index (χ3v) is 4.43. The van der Waals surface area contributed by atoms with E-state index in [0.717, 1.165) is 5.56 Å². The van der Waals surface area contributed by atoms with E-state index in [4.69, 9.17) is 21.6 Å². The molecule has 1 unspecified atom stereocenters. The summed E-state index contributed by atoms with van der Waals surface area (Å²) in [7, 11) is 0. The predicted molar refractivity (Wildman–Crippen MR) is 95.8 cm³/mol. The lowest BCUT2D eigenvalue weighted by Crippen LogP contribution is -2.57. The first-order chi connectivity index (χ1) is 12.0. The van der Waals surface area contributed by atoms with Crippen molar-refractivity contribution in [2.24, 2.45) is 0 Å². The number of hydrogen-bond donors (Lipinski definition) is 2. The standard InChI is InChI=1S/C18H22ClN3O4/c1-17(2,3)26-16(25)21-18(15(23)24)6-7-22(11-18)10-13-5-4-12(9-20)8-14(13)19/h4-5,8H,6-7,10-11H2,1-3H3,(H,21,25)(H,23,24). The molecule has 0 bridgehead atoms. The first-order valence-corrected chi connectivity index (χ1v) is 8.58. The summed E-state index contributed by atoms with van der Waals surface area (Å²) in [6.07, 6.45) is -0.492. The number of nitriles is 1. The number of alkyl carbamates (subject to hydrolysis) is 1. The van der Waals surface area contributed by atoms with Gasteiger partial charge in [0.25, 0.3) is 0 Å². The highest BCUT2D eigenvalue weighted by Gasteiger charge is 2.47. The highest BCUT2D eigenvalue weighted by molar-refractivity contribution is 6.31. The molecule has 1 heterocycles. The molecule has 1 aliphatic rings. The van der Waals surface area contributed by atoms with Crippen LogP contribution in [0.5, 0.6) is 0 Å². The van der Waals surface area contributed by atoms with Crippen molar-refractivity contribution in [1.29, 1.82) is 5.26 Å². The molecule has 0 aliphatic carbocycles. The number of carboxylic acids is 1. The summed E-state index contributed by atoms with van der Waals surface area (Å²) in [5.74, 6) is -1.10. The van der Waals surface area contributed by atoms with Crippen molar-refractivity contribution >= 4 is 23.7 Å². The highest BCUT2D eigenvalue weighted by atomic mass is 35.5.